The van der Waals surface area contributed by atoms with Crippen LogP contribution in [0, 0.1) is 0 Å². The minimum absolute atomic E-state index is 0.533. The van der Waals surface area contributed by atoms with E-state index in [1.807, 2.05) is 43.3 Å². The Labute approximate surface area is 192 Å². The van der Waals surface area contributed by atoms with Crippen LogP contribution in [-0.4, -0.2) is 16.2 Å². The molecule has 0 aliphatic heterocycles. The molecule has 1 heterocycles. The van der Waals surface area contributed by atoms with Gasteiger partial charge in [-0.3, -0.25) is 0 Å². The second-order valence-corrected chi connectivity index (χ2v) is 8.13. The fraction of sp³-hybridized carbons (Fsp3) is 0.240. The second-order valence-electron chi connectivity index (χ2n) is 7.26. The first-order valence-corrected chi connectivity index (χ1v) is 11.2. The summed E-state index contributed by atoms with van der Waals surface area (Å²) in [5.41, 5.74) is 3.00. The molecule has 0 N–H and O–H groups in total. The lowest BCUT2D eigenvalue weighted by Crippen LogP contribution is -2.01. The number of nitrogens with zero attached hydrogens (tertiary/aromatic N) is 2. The average molecular weight is 455 g/mol. The predicted molar refractivity (Wildman–Crippen MR) is 128 cm³/mol. The summed E-state index contributed by atoms with van der Waals surface area (Å²) in [4.78, 5) is 4.92. The van der Waals surface area contributed by atoms with Crippen molar-refractivity contribution in [2.75, 3.05) is 6.61 Å². The van der Waals surface area contributed by atoms with E-state index in [1.165, 1.54) is 0 Å². The maximum absolute atomic E-state index is 6.11. The van der Waals surface area contributed by atoms with Crippen molar-refractivity contribution in [3.05, 3.63) is 70.7 Å². The number of halogens is 2. The van der Waals surface area contributed by atoms with Crippen LogP contribution in [0.15, 0.2) is 60.7 Å². The molecular formula is C25H24Cl2N2O2. The lowest BCUT2D eigenvalue weighted by Gasteiger charge is -2.11. The highest BCUT2D eigenvalue weighted by Gasteiger charge is 2.14. The number of rotatable bonds is 8. The first-order chi connectivity index (χ1) is 15.1. The van der Waals surface area contributed by atoms with Crippen LogP contribution in [0.25, 0.3) is 22.4 Å². The third-order valence-corrected chi connectivity index (χ3v) is 5.37. The molecule has 4 aromatic rings. The predicted octanol–water partition coefficient (Wildman–Crippen LogP) is 8.00. The molecule has 4 nitrogen and oxygen atoms in total. The summed E-state index contributed by atoms with van der Waals surface area (Å²) in [6.45, 7) is 5.69. The van der Waals surface area contributed by atoms with Gasteiger partial charge in [0, 0.05) is 28.2 Å². The molecule has 0 unspecified atom stereocenters. The quantitative estimate of drug-likeness (QED) is 0.270. The van der Waals surface area contributed by atoms with E-state index in [1.54, 1.807) is 18.2 Å². The molecule has 0 atom stereocenters. The van der Waals surface area contributed by atoms with Gasteiger partial charge < -0.3 is 14.0 Å². The molecule has 0 aliphatic rings. The van der Waals surface area contributed by atoms with Gasteiger partial charge in [-0.1, -0.05) is 48.7 Å². The van der Waals surface area contributed by atoms with Crippen LogP contribution in [0.4, 0.5) is 0 Å². The van der Waals surface area contributed by atoms with Crippen molar-refractivity contribution in [1.82, 2.24) is 9.55 Å². The van der Waals surface area contributed by atoms with E-state index >= 15 is 0 Å². The largest absolute Gasteiger partial charge is 0.494 e. The van der Waals surface area contributed by atoms with Crippen molar-refractivity contribution in [3.63, 3.8) is 0 Å². The number of unbranched alkanes of at least 4 members (excludes halogenated alkanes) is 1. The molecule has 0 amide bonds. The number of fused-ring (bicyclic) bond motifs is 1. The van der Waals surface area contributed by atoms with Crippen molar-refractivity contribution >= 4 is 34.2 Å². The molecule has 4 rings (SSSR count). The summed E-state index contributed by atoms with van der Waals surface area (Å²) in [5.74, 6) is 3.05. The molecule has 1 aromatic heterocycles. The molecule has 0 spiro atoms. The average Bonchev–Trinajstić information content (AvgIpc) is 3.10. The zero-order valence-electron chi connectivity index (χ0n) is 17.6. The van der Waals surface area contributed by atoms with E-state index in [9.17, 15) is 0 Å². The highest BCUT2D eigenvalue weighted by Crippen LogP contribution is 2.33. The van der Waals surface area contributed by atoms with Crippen molar-refractivity contribution in [2.24, 2.45) is 0 Å². The van der Waals surface area contributed by atoms with Gasteiger partial charge in [0.25, 0.3) is 0 Å². The summed E-state index contributed by atoms with van der Waals surface area (Å²) in [6.07, 6.45) is 2.16. The molecule has 0 aliphatic carbocycles. The van der Waals surface area contributed by atoms with Crippen molar-refractivity contribution in [3.8, 4) is 28.6 Å². The van der Waals surface area contributed by atoms with Crippen LogP contribution in [-0.2, 0) is 6.54 Å². The minimum Gasteiger partial charge on any atom is -0.494 e. The van der Waals surface area contributed by atoms with Gasteiger partial charge in [0.15, 0.2) is 0 Å². The topological polar surface area (TPSA) is 36.3 Å². The molecule has 0 saturated carbocycles. The molecular weight excluding hydrogens is 431 g/mol. The van der Waals surface area contributed by atoms with Crippen molar-refractivity contribution in [1.29, 1.82) is 0 Å². The summed E-state index contributed by atoms with van der Waals surface area (Å²) in [5, 5.41) is 1.07. The van der Waals surface area contributed by atoms with Gasteiger partial charge >= 0.3 is 0 Å². The van der Waals surface area contributed by atoms with Crippen molar-refractivity contribution in [2.45, 2.75) is 33.2 Å². The van der Waals surface area contributed by atoms with E-state index in [0.29, 0.717) is 28.2 Å². The first-order valence-electron chi connectivity index (χ1n) is 10.4. The van der Waals surface area contributed by atoms with Gasteiger partial charge in [0.05, 0.1) is 17.6 Å². The summed E-state index contributed by atoms with van der Waals surface area (Å²) >= 11 is 12.2. The lowest BCUT2D eigenvalue weighted by atomic mass is 10.2. The normalized spacial score (nSPS) is 11.1. The van der Waals surface area contributed by atoms with E-state index in [-0.39, 0.29) is 0 Å². The second kappa shape index (κ2) is 9.63. The first kappa shape index (κ1) is 21.5. The standard InChI is InChI=1S/C25H24Cl2N2O2/c1-3-5-11-29-24-16-20(30-4-2)9-10-23(24)28-25(29)17-7-6-8-21(12-17)31-22-14-18(26)13-19(27)15-22/h6-10,12-16H,3-5,11H2,1-2H3. The Morgan fingerprint density at radius 1 is 0.871 bits per heavy atom. The number of aryl methyl sites for hydroxylation is 1. The van der Waals surface area contributed by atoms with Gasteiger partial charge in [-0.05, 0) is 55.8 Å². The van der Waals surface area contributed by atoms with Gasteiger partial charge in [-0.25, -0.2) is 4.98 Å². The zero-order chi connectivity index (χ0) is 21.8. The molecule has 160 valence electrons. The Morgan fingerprint density at radius 3 is 2.42 bits per heavy atom. The van der Waals surface area contributed by atoms with Gasteiger partial charge in [-0.2, -0.15) is 0 Å². The number of ether oxygens (including phenoxy) is 2. The number of aromatic nitrogens is 2. The van der Waals surface area contributed by atoms with Crippen LogP contribution in [0.2, 0.25) is 10.0 Å². The Kier molecular flexibility index (Phi) is 6.69. The van der Waals surface area contributed by atoms with Crippen molar-refractivity contribution < 1.29 is 9.47 Å². The highest BCUT2D eigenvalue weighted by atomic mass is 35.5. The molecule has 31 heavy (non-hydrogen) atoms. The third-order valence-electron chi connectivity index (χ3n) is 4.93. The van der Waals surface area contributed by atoms with E-state index < -0.39 is 0 Å². The van der Waals surface area contributed by atoms with Crippen LogP contribution in [0.1, 0.15) is 26.7 Å². The van der Waals surface area contributed by atoms with Crippen LogP contribution >= 0.6 is 23.2 Å². The Bertz CT molecular complexity index is 1180. The molecule has 0 fully saturated rings. The Morgan fingerprint density at radius 2 is 1.68 bits per heavy atom. The molecule has 0 bridgehead atoms. The number of imidazole rings is 1. The monoisotopic (exact) mass is 454 g/mol. The van der Waals surface area contributed by atoms with Crippen LogP contribution in [0.3, 0.4) is 0 Å². The maximum atomic E-state index is 6.11. The molecule has 0 radical (unpaired) electrons. The highest BCUT2D eigenvalue weighted by molar-refractivity contribution is 6.34. The lowest BCUT2D eigenvalue weighted by molar-refractivity contribution is 0.340. The molecule has 3 aromatic carbocycles. The van der Waals surface area contributed by atoms with Crippen LogP contribution < -0.4 is 9.47 Å². The summed E-state index contributed by atoms with van der Waals surface area (Å²) in [7, 11) is 0. The van der Waals surface area contributed by atoms with E-state index in [2.05, 4.69) is 17.6 Å². The van der Waals surface area contributed by atoms with Crippen LogP contribution in [0.5, 0.6) is 17.2 Å². The minimum atomic E-state index is 0.533. The third kappa shape index (κ3) is 4.97. The van der Waals surface area contributed by atoms with E-state index in [0.717, 1.165) is 47.6 Å². The maximum Gasteiger partial charge on any atom is 0.141 e. The molecule has 6 heteroatoms. The van der Waals surface area contributed by atoms with Gasteiger partial charge in [0.2, 0.25) is 0 Å². The van der Waals surface area contributed by atoms with Gasteiger partial charge in [0.1, 0.15) is 23.1 Å². The number of hydrogen-bond donors (Lipinski definition) is 0. The Hall–Kier alpha value is -2.69. The number of hydrogen-bond acceptors (Lipinski definition) is 3. The molecule has 0 saturated heterocycles. The zero-order valence-corrected chi connectivity index (χ0v) is 19.1. The number of benzene rings is 3. The summed E-state index contributed by atoms with van der Waals surface area (Å²) in [6, 6.07) is 19.1. The fourth-order valence-electron chi connectivity index (χ4n) is 3.54. The smallest absolute Gasteiger partial charge is 0.141 e. The van der Waals surface area contributed by atoms with E-state index in [4.69, 9.17) is 37.7 Å². The van der Waals surface area contributed by atoms with Gasteiger partial charge in [-0.15, -0.1) is 0 Å². The fourth-order valence-corrected chi connectivity index (χ4v) is 4.05. The summed E-state index contributed by atoms with van der Waals surface area (Å²) < 4.78 is 14.0. The SMILES string of the molecule is CCCCn1c(-c2cccc(Oc3cc(Cl)cc(Cl)c3)c2)nc2ccc(OCC)cc21. The Balaban J connectivity index is 1.74.